The van der Waals surface area contributed by atoms with E-state index in [0.717, 1.165) is 17.1 Å². The Balaban J connectivity index is 1.16. The van der Waals surface area contributed by atoms with Crippen molar-refractivity contribution in [3.63, 3.8) is 0 Å². The Morgan fingerprint density at radius 3 is 1.55 bits per heavy atom. The van der Waals surface area contributed by atoms with Gasteiger partial charge in [-0.25, -0.2) is 0 Å². The predicted molar refractivity (Wildman–Crippen MR) is 252 cm³/mol. The summed E-state index contributed by atoms with van der Waals surface area (Å²) < 4.78 is 0. The lowest BCUT2D eigenvalue weighted by Crippen LogP contribution is -2.23. The number of para-hydroxylation sites is 2. The molecular formula is C59H45N. The Hall–Kier alpha value is -7.22. The van der Waals surface area contributed by atoms with Gasteiger partial charge in [-0.2, -0.15) is 0 Å². The first-order chi connectivity index (χ1) is 29.4. The second-order valence-corrected chi connectivity index (χ2v) is 17.0. The number of benzene rings is 9. The number of hydrogen-bond acceptors (Lipinski definition) is 1. The zero-order valence-corrected chi connectivity index (χ0v) is 34.2. The van der Waals surface area contributed by atoms with Crippen LogP contribution in [0.15, 0.2) is 218 Å². The fourth-order valence-electron chi connectivity index (χ4n) is 10.4. The van der Waals surface area contributed by atoms with Crippen LogP contribution in [-0.4, -0.2) is 0 Å². The molecule has 0 spiro atoms. The number of fused-ring (bicyclic) bond motifs is 6. The summed E-state index contributed by atoms with van der Waals surface area (Å²) in [6.07, 6.45) is 0. The summed E-state index contributed by atoms with van der Waals surface area (Å²) >= 11 is 0. The van der Waals surface area contributed by atoms with Gasteiger partial charge in [0.15, 0.2) is 0 Å². The third-order valence-corrected chi connectivity index (χ3v) is 13.4. The lowest BCUT2D eigenvalue weighted by Gasteiger charge is -2.33. The molecule has 1 atom stereocenters. The summed E-state index contributed by atoms with van der Waals surface area (Å²) in [6, 6.07) is 80.7. The predicted octanol–water partition coefficient (Wildman–Crippen LogP) is 15.8. The number of rotatable bonds is 7. The molecule has 0 radical (unpaired) electrons. The molecule has 1 nitrogen and oxygen atoms in total. The van der Waals surface area contributed by atoms with Crippen LogP contribution in [-0.2, 0) is 10.8 Å². The normalized spacial score (nSPS) is 15.4. The van der Waals surface area contributed by atoms with Gasteiger partial charge in [0.1, 0.15) is 0 Å². The van der Waals surface area contributed by atoms with Crippen molar-refractivity contribution in [2.24, 2.45) is 0 Å². The van der Waals surface area contributed by atoms with Crippen LogP contribution in [0.2, 0.25) is 0 Å². The molecule has 0 bridgehead atoms. The molecular weight excluding hydrogens is 723 g/mol. The first kappa shape index (κ1) is 35.9. The van der Waals surface area contributed by atoms with Crippen molar-refractivity contribution in [1.29, 1.82) is 0 Å². The van der Waals surface area contributed by atoms with Crippen molar-refractivity contribution in [2.75, 3.05) is 4.90 Å². The van der Waals surface area contributed by atoms with Gasteiger partial charge in [-0.15, -0.1) is 0 Å². The highest BCUT2D eigenvalue weighted by Gasteiger charge is 2.41. The summed E-state index contributed by atoms with van der Waals surface area (Å²) in [4.78, 5) is 2.52. The zero-order chi connectivity index (χ0) is 40.4. The second kappa shape index (κ2) is 14.0. The molecule has 0 aliphatic heterocycles. The van der Waals surface area contributed by atoms with Gasteiger partial charge in [0.2, 0.25) is 0 Å². The van der Waals surface area contributed by atoms with Gasteiger partial charge < -0.3 is 4.90 Å². The van der Waals surface area contributed by atoms with Crippen molar-refractivity contribution in [1.82, 2.24) is 0 Å². The minimum absolute atomic E-state index is 0.105. The molecule has 9 aromatic carbocycles. The van der Waals surface area contributed by atoms with E-state index in [-0.39, 0.29) is 10.8 Å². The van der Waals surface area contributed by atoms with E-state index in [0.29, 0.717) is 0 Å². The minimum atomic E-state index is -0.337. The molecule has 2 aliphatic carbocycles. The highest BCUT2D eigenvalue weighted by molar-refractivity contribution is 6.00. The Labute approximate surface area is 353 Å². The molecule has 60 heavy (non-hydrogen) atoms. The van der Waals surface area contributed by atoms with Crippen LogP contribution in [0.5, 0.6) is 0 Å². The maximum atomic E-state index is 2.52. The standard InChI is InChI=1S/C59H45N/c1-58(2)51-28-14-11-26-50(51)57-49(27-18-30-53(57)58)48-25-13-17-32-56(48)60(55-31-16-12-23-45(55)42-35-33-41(34-36-42)40-19-6-4-7-20-40)44-37-38-47-46-24-10-15-29-52(46)59(3,54(47)39-44)43-21-8-5-9-22-43/h4-39H,1-3H3. The van der Waals surface area contributed by atoms with Gasteiger partial charge >= 0.3 is 0 Å². The average molecular weight is 768 g/mol. The van der Waals surface area contributed by atoms with E-state index in [4.69, 9.17) is 0 Å². The summed E-state index contributed by atoms with van der Waals surface area (Å²) in [5.74, 6) is 0. The third-order valence-electron chi connectivity index (χ3n) is 13.4. The van der Waals surface area contributed by atoms with E-state index in [9.17, 15) is 0 Å². The lowest BCUT2D eigenvalue weighted by atomic mass is 9.74. The SMILES string of the molecule is CC1(C)c2ccccc2-c2c(-c3ccccc3N(c3ccc4c(c3)C(C)(c3ccccc3)c3ccccc3-4)c3ccccc3-c3ccc(-c4ccccc4)cc3)cccc21. The largest absolute Gasteiger partial charge is 0.309 e. The van der Waals surface area contributed by atoms with Crippen LogP contribution in [0.1, 0.15) is 48.6 Å². The van der Waals surface area contributed by atoms with Gasteiger partial charge in [-0.1, -0.05) is 208 Å². The van der Waals surface area contributed by atoms with E-state index in [1.165, 1.54) is 83.5 Å². The molecule has 0 heterocycles. The summed E-state index contributed by atoms with van der Waals surface area (Å²) in [7, 11) is 0. The topological polar surface area (TPSA) is 3.24 Å². The smallest absolute Gasteiger partial charge is 0.0540 e. The van der Waals surface area contributed by atoms with E-state index >= 15 is 0 Å². The Morgan fingerprint density at radius 2 is 0.817 bits per heavy atom. The van der Waals surface area contributed by atoms with Crippen molar-refractivity contribution in [3.05, 3.63) is 246 Å². The third kappa shape index (κ3) is 5.46. The molecule has 1 heteroatoms. The molecule has 1 unspecified atom stereocenters. The molecule has 0 N–H and O–H groups in total. The first-order valence-electron chi connectivity index (χ1n) is 21.1. The van der Waals surface area contributed by atoms with Gasteiger partial charge in [0, 0.05) is 27.6 Å². The lowest BCUT2D eigenvalue weighted by molar-refractivity contribution is 0.660. The number of hydrogen-bond donors (Lipinski definition) is 0. The molecule has 286 valence electrons. The molecule has 11 rings (SSSR count). The van der Waals surface area contributed by atoms with Crippen molar-refractivity contribution < 1.29 is 0 Å². The van der Waals surface area contributed by atoms with Crippen molar-refractivity contribution in [2.45, 2.75) is 31.6 Å². The van der Waals surface area contributed by atoms with Crippen LogP contribution >= 0.6 is 0 Å². The molecule has 2 aliphatic rings. The Bertz CT molecular complexity index is 3070. The molecule has 0 saturated heterocycles. The second-order valence-electron chi connectivity index (χ2n) is 17.0. The summed E-state index contributed by atoms with van der Waals surface area (Å²) in [5, 5.41) is 0. The summed E-state index contributed by atoms with van der Waals surface area (Å²) in [6.45, 7) is 7.14. The van der Waals surface area contributed by atoms with Crippen LogP contribution in [0, 0.1) is 0 Å². The average Bonchev–Trinajstić information content (AvgIpc) is 3.71. The van der Waals surface area contributed by atoms with E-state index in [1.54, 1.807) is 0 Å². The molecule has 0 saturated carbocycles. The van der Waals surface area contributed by atoms with Gasteiger partial charge in [-0.05, 0) is 104 Å². The van der Waals surface area contributed by atoms with Gasteiger partial charge in [-0.3, -0.25) is 0 Å². The Kier molecular flexibility index (Phi) is 8.36. The number of nitrogens with zero attached hydrogens (tertiary/aromatic N) is 1. The molecule has 0 aromatic heterocycles. The Morgan fingerprint density at radius 1 is 0.317 bits per heavy atom. The van der Waals surface area contributed by atoms with Gasteiger partial charge in [0.25, 0.3) is 0 Å². The quantitative estimate of drug-likeness (QED) is 0.156. The highest BCUT2D eigenvalue weighted by Crippen LogP contribution is 2.56. The monoisotopic (exact) mass is 767 g/mol. The summed E-state index contributed by atoms with van der Waals surface area (Å²) in [5.41, 5.74) is 22.1. The molecule has 0 fully saturated rings. The van der Waals surface area contributed by atoms with Crippen LogP contribution in [0.25, 0.3) is 55.6 Å². The highest BCUT2D eigenvalue weighted by atomic mass is 15.1. The molecule has 9 aromatic rings. The zero-order valence-electron chi connectivity index (χ0n) is 34.2. The van der Waals surface area contributed by atoms with Crippen molar-refractivity contribution >= 4 is 17.1 Å². The van der Waals surface area contributed by atoms with Crippen LogP contribution < -0.4 is 4.90 Å². The maximum Gasteiger partial charge on any atom is 0.0540 e. The van der Waals surface area contributed by atoms with Crippen LogP contribution in [0.4, 0.5) is 17.1 Å². The van der Waals surface area contributed by atoms with Crippen LogP contribution in [0.3, 0.4) is 0 Å². The first-order valence-corrected chi connectivity index (χ1v) is 21.1. The fraction of sp³-hybridized carbons (Fsp3) is 0.0847. The minimum Gasteiger partial charge on any atom is -0.309 e. The number of anilines is 3. The van der Waals surface area contributed by atoms with E-state index in [2.05, 4.69) is 244 Å². The van der Waals surface area contributed by atoms with Crippen molar-refractivity contribution in [3.8, 4) is 55.6 Å². The van der Waals surface area contributed by atoms with E-state index in [1.807, 2.05) is 0 Å². The molecule has 0 amide bonds. The maximum absolute atomic E-state index is 2.52. The van der Waals surface area contributed by atoms with Gasteiger partial charge in [0.05, 0.1) is 11.4 Å². The fourth-order valence-corrected chi connectivity index (χ4v) is 10.4. The van der Waals surface area contributed by atoms with E-state index < -0.39 is 0 Å².